The maximum atomic E-state index is 13.4. The highest BCUT2D eigenvalue weighted by Crippen LogP contribution is 2.46. The molecule has 2 amide bonds. The molecule has 0 radical (unpaired) electrons. The van der Waals surface area contributed by atoms with Gasteiger partial charge in [-0.15, -0.1) is 0 Å². The number of hydrogen-bond acceptors (Lipinski definition) is 3. The third-order valence-corrected chi connectivity index (χ3v) is 4.42. The number of halogens is 4. The Morgan fingerprint density at radius 3 is 2.09 bits per heavy atom. The molecule has 23 heavy (non-hydrogen) atoms. The van der Waals surface area contributed by atoms with Crippen molar-refractivity contribution in [3.8, 4) is 0 Å². The van der Waals surface area contributed by atoms with Crippen LogP contribution in [0.5, 0.6) is 0 Å². The minimum atomic E-state index is -4.91. The van der Waals surface area contributed by atoms with Gasteiger partial charge in [-0.2, -0.15) is 13.2 Å². The number of ether oxygens (including phenoxy) is 1. The van der Waals surface area contributed by atoms with E-state index < -0.39 is 53.4 Å². The number of anilines is 1. The lowest BCUT2D eigenvalue weighted by atomic mass is 9.85. The molecule has 8 heteroatoms. The van der Waals surface area contributed by atoms with Crippen molar-refractivity contribution in [3.63, 3.8) is 0 Å². The third kappa shape index (κ3) is 1.87. The van der Waals surface area contributed by atoms with Crippen LogP contribution >= 0.6 is 0 Å². The van der Waals surface area contributed by atoms with Crippen LogP contribution < -0.4 is 4.90 Å². The Balaban J connectivity index is 1.75. The molecule has 0 N–H and O–H groups in total. The normalized spacial score (nSPS) is 32.1. The maximum Gasteiger partial charge on any atom is 0.419 e. The number of amides is 2. The fourth-order valence-electron chi connectivity index (χ4n) is 3.43. The molecule has 4 nitrogen and oxygen atoms in total. The van der Waals surface area contributed by atoms with Gasteiger partial charge in [0.2, 0.25) is 11.8 Å². The van der Waals surface area contributed by atoms with Gasteiger partial charge in [-0.1, -0.05) is 12.2 Å². The van der Waals surface area contributed by atoms with Crippen molar-refractivity contribution in [2.45, 2.75) is 18.4 Å². The maximum absolute atomic E-state index is 13.4. The van der Waals surface area contributed by atoms with Crippen molar-refractivity contribution >= 4 is 17.5 Å². The molecule has 1 aromatic rings. The zero-order valence-corrected chi connectivity index (χ0v) is 11.4. The van der Waals surface area contributed by atoms with Gasteiger partial charge >= 0.3 is 6.18 Å². The van der Waals surface area contributed by atoms with E-state index in [1.54, 1.807) is 12.2 Å². The predicted molar refractivity (Wildman–Crippen MR) is 68.7 cm³/mol. The first-order chi connectivity index (χ1) is 10.8. The number of rotatable bonds is 1. The molecule has 0 spiro atoms. The third-order valence-electron chi connectivity index (χ3n) is 4.42. The lowest BCUT2D eigenvalue weighted by molar-refractivity contribution is -0.140. The smallest absolute Gasteiger partial charge is 0.365 e. The summed E-state index contributed by atoms with van der Waals surface area (Å²) in [7, 11) is 0. The van der Waals surface area contributed by atoms with E-state index in [4.69, 9.17) is 4.74 Å². The summed E-state index contributed by atoms with van der Waals surface area (Å²) in [5, 5.41) is 0. The average Bonchev–Trinajstić information content (AvgIpc) is 3.13. The number of alkyl halides is 3. The molecule has 3 heterocycles. The molecule has 120 valence electrons. The summed E-state index contributed by atoms with van der Waals surface area (Å²) < 4.78 is 57.3. The molecule has 1 aromatic carbocycles. The molecule has 4 rings (SSSR count). The van der Waals surface area contributed by atoms with Crippen LogP contribution in [0.2, 0.25) is 0 Å². The minimum absolute atomic E-state index is 0.275. The highest BCUT2D eigenvalue weighted by Gasteiger charge is 2.61. The number of fused-ring (bicyclic) bond motifs is 5. The Labute approximate surface area is 127 Å². The summed E-state index contributed by atoms with van der Waals surface area (Å²) in [6, 6.07) is 2.09. The van der Waals surface area contributed by atoms with Gasteiger partial charge in [-0.25, -0.2) is 9.29 Å². The van der Waals surface area contributed by atoms with E-state index in [0.717, 1.165) is 6.07 Å². The van der Waals surface area contributed by atoms with Crippen molar-refractivity contribution in [1.29, 1.82) is 0 Å². The van der Waals surface area contributed by atoms with Gasteiger partial charge < -0.3 is 4.74 Å². The average molecular weight is 327 g/mol. The van der Waals surface area contributed by atoms with E-state index in [0.29, 0.717) is 17.0 Å². The van der Waals surface area contributed by atoms with Crippen LogP contribution in [-0.4, -0.2) is 24.0 Å². The van der Waals surface area contributed by atoms with Gasteiger partial charge in [0.1, 0.15) is 5.82 Å². The van der Waals surface area contributed by atoms with E-state index in [9.17, 15) is 27.2 Å². The largest absolute Gasteiger partial charge is 0.419 e. The fraction of sp³-hybridized carbons (Fsp3) is 0.333. The molecular formula is C15H9F4NO3. The zero-order chi connectivity index (χ0) is 16.5. The molecule has 0 aliphatic carbocycles. The Hall–Kier alpha value is -2.22. The summed E-state index contributed by atoms with van der Waals surface area (Å²) in [5.41, 5.74) is -1.78. The number of hydrogen-bond donors (Lipinski definition) is 0. The summed E-state index contributed by atoms with van der Waals surface area (Å²) in [4.78, 5) is 25.6. The first kappa shape index (κ1) is 14.4. The van der Waals surface area contributed by atoms with Crippen LogP contribution in [0.1, 0.15) is 5.56 Å². The second-order valence-corrected chi connectivity index (χ2v) is 5.68. The van der Waals surface area contributed by atoms with E-state index in [2.05, 4.69) is 0 Å². The molecule has 0 saturated carbocycles. The molecule has 4 atom stereocenters. The van der Waals surface area contributed by atoms with Crippen LogP contribution in [0.25, 0.3) is 0 Å². The minimum Gasteiger partial charge on any atom is -0.365 e. The van der Waals surface area contributed by atoms with E-state index in [1.807, 2.05) is 0 Å². The lowest BCUT2D eigenvalue weighted by Crippen LogP contribution is -2.34. The number of imide groups is 1. The van der Waals surface area contributed by atoms with Crippen LogP contribution in [0.3, 0.4) is 0 Å². The summed E-state index contributed by atoms with van der Waals surface area (Å²) in [6.07, 6.45) is -2.63. The summed E-state index contributed by atoms with van der Waals surface area (Å²) >= 11 is 0. The molecule has 2 unspecified atom stereocenters. The van der Waals surface area contributed by atoms with Gasteiger partial charge in [0.15, 0.2) is 0 Å². The van der Waals surface area contributed by atoms with E-state index in [-0.39, 0.29) is 5.69 Å². The molecule has 0 aromatic heterocycles. The molecular weight excluding hydrogens is 318 g/mol. The van der Waals surface area contributed by atoms with Gasteiger partial charge in [0.05, 0.1) is 35.3 Å². The van der Waals surface area contributed by atoms with E-state index >= 15 is 0 Å². The SMILES string of the molecule is O=C1[C@@H]2C3C=CC(O3)[C@@H]2C(=O)N1c1ccc(F)c(C(F)(F)F)c1. The molecule has 2 saturated heterocycles. The van der Waals surface area contributed by atoms with Crippen molar-refractivity contribution in [2.24, 2.45) is 11.8 Å². The lowest BCUT2D eigenvalue weighted by Gasteiger charge is -2.19. The van der Waals surface area contributed by atoms with Crippen molar-refractivity contribution in [3.05, 3.63) is 41.7 Å². The number of nitrogens with zero attached hydrogens (tertiary/aromatic N) is 1. The molecule has 2 fully saturated rings. The number of carbonyl (C=O) groups excluding carboxylic acids is 2. The standard InChI is InChI=1S/C15H9F4NO3/c16-8-2-1-6(5-7(8)15(17,18)19)20-13(21)11-9-3-4-10(23-9)12(11)14(20)22/h1-5,9-12H/t9?,10?,11-,12+. The van der Waals surface area contributed by atoms with Gasteiger partial charge in [0.25, 0.3) is 0 Å². The van der Waals surface area contributed by atoms with Crippen molar-refractivity contribution in [2.75, 3.05) is 4.90 Å². The first-order valence-corrected chi connectivity index (χ1v) is 6.87. The van der Waals surface area contributed by atoms with Gasteiger partial charge in [-0.05, 0) is 18.2 Å². The van der Waals surface area contributed by atoms with Crippen LogP contribution in [-0.2, 0) is 20.5 Å². The highest BCUT2D eigenvalue weighted by molar-refractivity contribution is 6.23. The Morgan fingerprint density at radius 2 is 1.57 bits per heavy atom. The van der Waals surface area contributed by atoms with Gasteiger partial charge in [0, 0.05) is 0 Å². The van der Waals surface area contributed by atoms with Crippen molar-refractivity contribution in [1.82, 2.24) is 0 Å². The van der Waals surface area contributed by atoms with Crippen LogP contribution in [0, 0.1) is 17.7 Å². The Bertz CT molecular complexity index is 728. The topological polar surface area (TPSA) is 46.6 Å². The summed E-state index contributed by atoms with van der Waals surface area (Å²) in [6.45, 7) is 0. The Morgan fingerprint density at radius 1 is 1.00 bits per heavy atom. The number of carbonyl (C=O) groups is 2. The number of benzene rings is 1. The van der Waals surface area contributed by atoms with Crippen LogP contribution in [0.4, 0.5) is 23.2 Å². The second-order valence-electron chi connectivity index (χ2n) is 5.68. The second kappa shape index (κ2) is 4.41. The molecule has 3 aliphatic heterocycles. The summed E-state index contributed by atoms with van der Waals surface area (Å²) in [5.74, 6) is -4.13. The zero-order valence-electron chi connectivity index (χ0n) is 11.4. The van der Waals surface area contributed by atoms with Crippen molar-refractivity contribution < 1.29 is 31.9 Å². The monoisotopic (exact) mass is 327 g/mol. The fourth-order valence-corrected chi connectivity index (χ4v) is 3.43. The molecule has 2 bridgehead atoms. The van der Waals surface area contributed by atoms with E-state index in [1.165, 1.54) is 0 Å². The molecule has 3 aliphatic rings. The predicted octanol–water partition coefficient (Wildman–Crippen LogP) is 2.29. The Kier molecular flexibility index (Phi) is 2.76. The first-order valence-electron chi connectivity index (χ1n) is 6.87. The highest BCUT2D eigenvalue weighted by atomic mass is 19.4. The quantitative estimate of drug-likeness (QED) is 0.452. The van der Waals surface area contributed by atoms with Gasteiger partial charge in [-0.3, -0.25) is 9.59 Å². The van der Waals surface area contributed by atoms with Crippen LogP contribution in [0.15, 0.2) is 30.4 Å².